The van der Waals surface area contributed by atoms with Crippen molar-refractivity contribution in [1.29, 1.82) is 0 Å². The van der Waals surface area contributed by atoms with E-state index in [1.807, 2.05) is 0 Å². The van der Waals surface area contributed by atoms with Crippen LogP contribution >= 0.6 is 31.9 Å². The first-order chi connectivity index (χ1) is 9.82. The van der Waals surface area contributed by atoms with Gasteiger partial charge in [-0.15, -0.1) is 0 Å². The SMILES string of the molecule is NC1(CNS(=O)(=O)c2cc(Br)ccc2Br)CCCCCC1. The van der Waals surface area contributed by atoms with E-state index in [0.29, 0.717) is 4.47 Å². The van der Waals surface area contributed by atoms with Crippen molar-refractivity contribution >= 4 is 41.9 Å². The molecule has 0 aromatic heterocycles. The Hall–Kier alpha value is 0.0500. The van der Waals surface area contributed by atoms with E-state index in [1.54, 1.807) is 18.2 Å². The van der Waals surface area contributed by atoms with Gasteiger partial charge in [-0.1, -0.05) is 41.6 Å². The molecule has 1 aliphatic rings. The van der Waals surface area contributed by atoms with Crippen molar-refractivity contribution in [2.75, 3.05) is 6.54 Å². The van der Waals surface area contributed by atoms with Crippen LogP contribution in [-0.2, 0) is 10.0 Å². The highest BCUT2D eigenvalue weighted by atomic mass is 79.9. The van der Waals surface area contributed by atoms with Crippen LogP contribution in [0.5, 0.6) is 0 Å². The molecule has 0 spiro atoms. The van der Waals surface area contributed by atoms with Crippen LogP contribution in [0.1, 0.15) is 38.5 Å². The fourth-order valence-corrected chi connectivity index (χ4v) is 5.25. The molecule has 1 fully saturated rings. The number of halogens is 2. The minimum absolute atomic E-state index is 0.231. The van der Waals surface area contributed by atoms with Gasteiger partial charge in [-0.2, -0.15) is 0 Å². The number of rotatable bonds is 4. The van der Waals surface area contributed by atoms with Crippen molar-refractivity contribution in [3.63, 3.8) is 0 Å². The molecule has 118 valence electrons. The van der Waals surface area contributed by atoms with E-state index in [-0.39, 0.29) is 11.4 Å². The zero-order chi connectivity index (χ0) is 15.5. The van der Waals surface area contributed by atoms with Gasteiger partial charge in [0.05, 0.1) is 4.90 Å². The lowest BCUT2D eigenvalue weighted by molar-refractivity contribution is 0.369. The van der Waals surface area contributed by atoms with Crippen molar-refractivity contribution in [1.82, 2.24) is 4.72 Å². The number of nitrogens with one attached hydrogen (secondary N) is 1. The second kappa shape index (κ2) is 7.08. The molecule has 1 saturated carbocycles. The summed E-state index contributed by atoms with van der Waals surface area (Å²) in [5.74, 6) is 0. The number of benzene rings is 1. The molecule has 4 nitrogen and oxygen atoms in total. The lowest BCUT2D eigenvalue weighted by Crippen LogP contribution is -2.49. The second-order valence-corrected chi connectivity index (χ2v) is 9.18. The average molecular weight is 440 g/mol. The lowest BCUT2D eigenvalue weighted by atomic mass is 9.92. The highest BCUT2D eigenvalue weighted by molar-refractivity contribution is 9.11. The number of hydrogen-bond donors (Lipinski definition) is 2. The van der Waals surface area contributed by atoms with E-state index in [9.17, 15) is 8.42 Å². The molecule has 1 aromatic carbocycles. The molecule has 0 saturated heterocycles. The van der Waals surface area contributed by atoms with Crippen LogP contribution < -0.4 is 10.5 Å². The van der Waals surface area contributed by atoms with Crippen LogP contribution in [0.4, 0.5) is 0 Å². The Bertz CT molecular complexity index is 597. The molecule has 2 rings (SSSR count). The molecule has 0 atom stereocenters. The molecular formula is C14H20Br2N2O2S. The summed E-state index contributed by atoms with van der Waals surface area (Å²) in [5.41, 5.74) is 5.94. The van der Waals surface area contributed by atoms with E-state index >= 15 is 0 Å². The molecule has 1 aliphatic carbocycles. The largest absolute Gasteiger partial charge is 0.324 e. The Kier molecular flexibility index (Phi) is 5.87. The molecule has 0 amide bonds. The van der Waals surface area contributed by atoms with Crippen LogP contribution in [-0.4, -0.2) is 20.5 Å². The van der Waals surface area contributed by atoms with Crippen molar-refractivity contribution in [2.24, 2.45) is 5.73 Å². The standard InChI is InChI=1S/C14H20Br2N2O2S/c15-11-5-6-12(16)13(9-11)21(19,20)18-10-14(17)7-3-1-2-4-8-14/h5-6,9,18H,1-4,7-8,10,17H2. The maximum Gasteiger partial charge on any atom is 0.241 e. The summed E-state index contributed by atoms with van der Waals surface area (Å²) in [5, 5.41) is 0. The van der Waals surface area contributed by atoms with Gasteiger partial charge in [0.25, 0.3) is 0 Å². The van der Waals surface area contributed by atoms with E-state index in [2.05, 4.69) is 36.6 Å². The maximum absolute atomic E-state index is 12.5. The van der Waals surface area contributed by atoms with Crippen molar-refractivity contribution in [3.05, 3.63) is 27.1 Å². The van der Waals surface area contributed by atoms with Crippen molar-refractivity contribution in [2.45, 2.75) is 49.0 Å². The van der Waals surface area contributed by atoms with Gasteiger partial charge in [0.15, 0.2) is 0 Å². The third-order valence-electron chi connectivity index (χ3n) is 3.90. The first kappa shape index (κ1) is 17.4. The Labute approximate surface area is 143 Å². The van der Waals surface area contributed by atoms with Gasteiger partial charge in [-0.05, 0) is 47.0 Å². The Balaban J connectivity index is 2.12. The third-order valence-corrected chi connectivity index (χ3v) is 6.78. The van der Waals surface area contributed by atoms with Crippen LogP contribution in [0.25, 0.3) is 0 Å². The quantitative estimate of drug-likeness (QED) is 0.704. The summed E-state index contributed by atoms with van der Waals surface area (Å²) < 4.78 is 28.9. The molecule has 0 heterocycles. The third kappa shape index (κ3) is 4.76. The topological polar surface area (TPSA) is 72.2 Å². The molecule has 0 radical (unpaired) electrons. The summed E-state index contributed by atoms with van der Waals surface area (Å²) in [4.78, 5) is 0.231. The second-order valence-electron chi connectivity index (χ2n) is 5.68. The minimum atomic E-state index is -3.57. The van der Waals surface area contributed by atoms with Gasteiger partial charge in [0.1, 0.15) is 0 Å². The zero-order valence-corrected chi connectivity index (χ0v) is 15.7. The zero-order valence-electron chi connectivity index (χ0n) is 11.7. The Morgan fingerprint density at radius 1 is 1.14 bits per heavy atom. The normalized spacial score (nSPS) is 19.2. The first-order valence-corrected chi connectivity index (χ1v) is 10.1. The van der Waals surface area contributed by atoms with E-state index in [4.69, 9.17) is 5.73 Å². The molecular weight excluding hydrogens is 420 g/mol. The number of sulfonamides is 1. The molecule has 0 bridgehead atoms. The van der Waals surface area contributed by atoms with E-state index in [1.165, 1.54) is 12.8 Å². The molecule has 3 N–H and O–H groups in total. The van der Waals surface area contributed by atoms with Gasteiger partial charge < -0.3 is 5.73 Å². The lowest BCUT2D eigenvalue weighted by Gasteiger charge is -2.28. The Morgan fingerprint density at radius 2 is 1.76 bits per heavy atom. The van der Waals surface area contributed by atoms with Gasteiger partial charge in [0.2, 0.25) is 10.0 Å². The predicted octanol–water partition coefficient (Wildman–Crippen LogP) is 3.54. The van der Waals surface area contributed by atoms with Gasteiger partial charge in [-0.25, -0.2) is 13.1 Å². The minimum Gasteiger partial charge on any atom is -0.324 e. The fraction of sp³-hybridized carbons (Fsp3) is 0.571. The van der Waals surface area contributed by atoms with E-state index in [0.717, 1.165) is 30.2 Å². The van der Waals surface area contributed by atoms with Crippen LogP contribution in [0, 0.1) is 0 Å². The highest BCUT2D eigenvalue weighted by Gasteiger charge is 2.29. The molecule has 0 unspecified atom stereocenters. The molecule has 7 heteroatoms. The van der Waals surface area contributed by atoms with Crippen molar-refractivity contribution in [3.8, 4) is 0 Å². The van der Waals surface area contributed by atoms with Gasteiger partial charge in [0, 0.05) is 21.0 Å². The first-order valence-electron chi connectivity index (χ1n) is 7.06. The summed E-state index contributed by atoms with van der Waals surface area (Å²) in [6.07, 6.45) is 6.24. The average Bonchev–Trinajstić information content (AvgIpc) is 2.65. The molecule has 21 heavy (non-hydrogen) atoms. The van der Waals surface area contributed by atoms with Crippen LogP contribution in [0.2, 0.25) is 0 Å². The van der Waals surface area contributed by atoms with Gasteiger partial charge in [-0.3, -0.25) is 0 Å². The Morgan fingerprint density at radius 3 is 2.38 bits per heavy atom. The predicted molar refractivity (Wildman–Crippen MR) is 91.7 cm³/mol. The van der Waals surface area contributed by atoms with Crippen molar-refractivity contribution < 1.29 is 8.42 Å². The maximum atomic E-state index is 12.5. The monoisotopic (exact) mass is 438 g/mol. The summed E-state index contributed by atoms with van der Waals surface area (Å²) >= 11 is 6.59. The van der Waals surface area contributed by atoms with Crippen LogP contribution in [0.3, 0.4) is 0 Å². The van der Waals surface area contributed by atoms with Gasteiger partial charge >= 0.3 is 0 Å². The van der Waals surface area contributed by atoms with Crippen LogP contribution in [0.15, 0.2) is 32.0 Å². The molecule has 1 aromatic rings. The summed E-state index contributed by atoms with van der Waals surface area (Å²) in [6.45, 7) is 0.286. The van der Waals surface area contributed by atoms with E-state index < -0.39 is 15.6 Å². The number of hydrogen-bond acceptors (Lipinski definition) is 3. The molecule has 0 aliphatic heterocycles. The fourth-order valence-electron chi connectivity index (χ4n) is 2.61. The number of nitrogens with two attached hydrogens (primary N) is 1. The summed E-state index contributed by atoms with van der Waals surface area (Å²) in [6, 6.07) is 5.09. The smallest absolute Gasteiger partial charge is 0.241 e. The highest BCUT2D eigenvalue weighted by Crippen LogP contribution is 2.27. The summed E-state index contributed by atoms with van der Waals surface area (Å²) in [7, 11) is -3.57.